The van der Waals surface area contributed by atoms with Crippen LogP contribution in [0.1, 0.15) is 30.5 Å². The van der Waals surface area contributed by atoms with Gasteiger partial charge in [0.2, 0.25) is 0 Å². The zero-order chi connectivity index (χ0) is 14.6. The van der Waals surface area contributed by atoms with Crippen LogP contribution in [0.5, 0.6) is 5.75 Å². The van der Waals surface area contributed by atoms with Crippen molar-refractivity contribution < 1.29 is 14.6 Å². The number of methoxy groups -OCH3 is 1. The summed E-state index contributed by atoms with van der Waals surface area (Å²) in [6.07, 6.45) is 0.139. The zero-order valence-corrected chi connectivity index (χ0v) is 12.3. The van der Waals surface area contributed by atoms with E-state index in [-0.39, 0.29) is 18.4 Å². The smallest absolute Gasteiger partial charge is 0.303 e. The molecule has 1 aromatic carbocycles. The fourth-order valence-electron chi connectivity index (χ4n) is 2.57. The maximum absolute atomic E-state index is 10.9. The number of aliphatic carboxylic acids is 1. The van der Waals surface area contributed by atoms with Crippen molar-refractivity contribution in [3.63, 3.8) is 0 Å². The number of hydrogen-bond acceptors (Lipinski definition) is 3. The summed E-state index contributed by atoms with van der Waals surface area (Å²) >= 11 is 0. The Labute approximate surface area is 115 Å². The van der Waals surface area contributed by atoms with Crippen molar-refractivity contribution in [1.29, 1.82) is 0 Å². The number of aryl methyl sites for hydroxylation is 1. The van der Waals surface area contributed by atoms with E-state index in [2.05, 4.69) is 6.07 Å². The Bertz CT molecular complexity index is 443. The van der Waals surface area contributed by atoms with Gasteiger partial charge < -0.3 is 14.7 Å². The summed E-state index contributed by atoms with van der Waals surface area (Å²) in [7, 11) is 5.57. The first-order valence-electron chi connectivity index (χ1n) is 6.39. The van der Waals surface area contributed by atoms with Gasteiger partial charge in [0.05, 0.1) is 7.11 Å². The predicted molar refractivity (Wildman–Crippen MR) is 75.6 cm³/mol. The predicted octanol–water partition coefficient (Wildman–Crippen LogP) is 2.72. The number of rotatable bonds is 6. The van der Waals surface area contributed by atoms with E-state index < -0.39 is 5.97 Å². The van der Waals surface area contributed by atoms with Crippen LogP contribution in [0.4, 0.5) is 0 Å². The quantitative estimate of drug-likeness (QED) is 0.859. The summed E-state index contributed by atoms with van der Waals surface area (Å²) in [5.41, 5.74) is 2.19. The van der Waals surface area contributed by atoms with Gasteiger partial charge in [-0.05, 0) is 33.0 Å². The lowest BCUT2D eigenvalue weighted by Crippen LogP contribution is -2.28. The average Bonchev–Trinajstić information content (AvgIpc) is 2.27. The second-order valence-electron chi connectivity index (χ2n) is 5.23. The van der Waals surface area contributed by atoms with Crippen LogP contribution in [0.25, 0.3) is 0 Å². The number of carboxylic acid groups (broad SMARTS) is 1. The van der Waals surface area contributed by atoms with Crippen LogP contribution in [0.15, 0.2) is 18.2 Å². The first kappa shape index (κ1) is 15.5. The zero-order valence-electron chi connectivity index (χ0n) is 12.3. The van der Waals surface area contributed by atoms with E-state index in [9.17, 15) is 4.79 Å². The molecule has 0 spiro atoms. The molecule has 0 aromatic heterocycles. The number of carbonyl (C=O) groups is 1. The van der Waals surface area contributed by atoms with Gasteiger partial charge in [0, 0.05) is 18.0 Å². The van der Waals surface area contributed by atoms with Gasteiger partial charge in [-0.25, -0.2) is 0 Å². The van der Waals surface area contributed by atoms with Gasteiger partial charge in [-0.15, -0.1) is 0 Å². The molecule has 1 rings (SSSR count). The molecule has 0 aliphatic carbocycles. The van der Waals surface area contributed by atoms with Crippen molar-refractivity contribution in [1.82, 2.24) is 4.90 Å². The summed E-state index contributed by atoms with van der Waals surface area (Å²) in [6, 6.07) is 6.03. The Kier molecular flexibility index (Phi) is 5.36. The fraction of sp³-hybridized carbons (Fsp3) is 0.533. The van der Waals surface area contributed by atoms with E-state index in [0.717, 1.165) is 16.9 Å². The van der Waals surface area contributed by atoms with Crippen LogP contribution in [0.3, 0.4) is 0 Å². The first-order chi connectivity index (χ1) is 8.86. The molecule has 0 amide bonds. The minimum Gasteiger partial charge on any atom is -0.496 e. The van der Waals surface area contributed by atoms with Crippen molar-refractivity contribution >= 4 is 5.97 Å². The SMILES string of the molecule is COc1ccc(C)cc1C(C(C)CC(=O)O)N(C)C. The molecule has 106 valence electrons. The molecule has 0 aliphatic heterocycles. The van der Waals surface area contributed by atoms with Crippen LogP contribution in [-0.2, 0) is 4.79 Å². The molecule has 0 heterocycles. The van der Waals surface area contributed by atoms with Crippen molar-refractivity contribution in [2.24, 2.45) is 5.92 Å². The summed E-state index contributed by atoms with van der Waals surface area (Å²) < 4.78 is 5.41. The van der Waals surface area contributed by atoms with Gasteiger partial charge in [0.15, 0.2) is 0 Å². The summed E-state index contributed by atoms with van der Waals surface area (Å²) in [5.74, 6) is 0.0377. The third kappa shape index (κ3) is 3.96. The highest BCUT2D eigenvalue weighted by molar-refractivity contribution is 5.67. The molecule has 19 heavy (non-hydrogen) atoms. The van der Waals surface area contributed by atoms with Gasteiger partial charge >= 0.3 is 5.97 Å². The highest BCUT2D eigenvalue weighted by Crippen LogP contribution is 2.35. The van der Waals surface area contributed by atoms with Gasteiger partial charge in [0.25, 0.3) is 0 Å². The Morgan fingerprint density at radius 2 is 2.05 bits per heavy atom. The van der Waals surface area contributed by atoms with Crippen LogP contribution in [0.2, 0.25) is 0 Å². The van der Waals surface area contributed by atoms with Gasteiger partial charge in [-0.3, -0.25) is 4.79 Å². The summed E-state index contributed by atoms with van der Waals surface area (Å²) in [6.45, 7) is 3.98. The third-order valence-electron chi connectivity index (χ3n) is 3.30. The molecule has 0 bridgehead atoms. The van der Waals surface area contributed by atoms with Crippen molar-refractivity contribution in [3.05, 3.63) is 29.3 Å². The minimum atomic E-state index is -0.772. The van der Waals surface area contributed by atoms with Gasteiger partial charge in [-0.1, -0.05) is 24.6 Å². The second kappa shape index (κ2) is 6.57. The Balaban J connectivity index is 3.18. The van der Waals surface area contributed by atoms with Crippen LogP contribution in [0, 0.1) is 12.8 Å². The molecule has 4 heteroatoms. The lowest BCUT2D eigenvalue weighted by Gasteiger charge is -2.31. The summed E-state index contributed by atoms with van der Waals surface area (Å²) in [5, 5.41) is 8.99. The molecule has 1 aromatic rings. The topological polar surface area (TPSA) is 49.8 Å². The van der Waals surface area contributed by atoms with Gasteiger partial charge in [-0.2, -0.15) is 0 Å². The van der Waals surface area contributed by atoms with E-state index in [1.165, 1.54) is 0 Å². The highest BCUT2D eigenvalue weighted by atomic mass is 16.5. The van der Waals surface area contributed by atoms with Crippen molar-refractivity contribution in [3.8, 4) is 5.75 Å². The number of carboxylic acids is 1. The van der Waals surface area contributed by atoms with Crippen LogP contribution in [-0.4, -0.2) is 37.2 Å². The molecule has 2 unspecified atom stereocenters. The maximum Gasteiger partial charge on any atom is 0.303 e. The van der Waals surface area contributed by atoms with E-state index in [1.54, 1.807) is 7.11 Å². The normalized spacial score (nSPS) is 14.2. The number of ether oxygens (including phenoxy) is 1. The second-order valence-corrected chi connectivity index (χ2v) is 5.23. The molecular weight excluding hydrogens is 242 g/mol. The molecular formula is C15H23NO3. The standard InChI is InChI=1S/C15H23NO3/c1-10-6-7-13(19-5)12(8-10)15(16(3)4)11(2)9-14(17)18/h6-8,11,15H,9H2,1-5H3,(H,17,18). The Morgan fingerprint density at radius 3 is 2.53 bits per heavy atom. The lowest BCUT2D eigenvalue weighted by atomic mass is 9.89. The molecule has 0 saturated heterocycles. The number of hydrogen-bond donors (Lipinski definition) is 1. The van der Waals surface area contributed by atoms with Gasteiger partial charge in [0.1, 0.15) is 5.75 Å². The molecule has 1 N–H and O–H groups in total. The fourth-order valence-corrected chi connectivity index (χ4v) is 2.57. The molecule has 0 aliphatic rings. The third-order valence-corrected chi connectivity index (χ3v) is 3.30. The average molecular weight is 265 g/mol. The van der Waals surface area contributed by atoms with Crippen LogP contribution >= 0.6 is 0 Å². The monoisotopic (exact) mass is 265 g/mol. The van der Waals surface area contributed by atoms with Crippen molar-refractivity contribution in [2.75, 3.05) is 21.2 Å². The lowest BCUT2D eigenvalue weighted by molar-refractivity contribution is -0.138. The molecule has 0 fully saturated rings. The highest BCUT2D eigenvalue weighted by Gasteiger charge is 2.26. The maximum atomic E-state index is 10.9. The Morgan fingerprint density at radius 1 is 1.42 bits per heavy atom. The van der Waals surface area contributed by atoms with E-state index in [1.807, 2.05) is 45.0 Å². The summed E-state index contributed by atoms with van der Waals surface area (Å²) in [4.78, 5) is 13.0. The van der Waals surface area contributed by atoms with E-state index in [0.29, 0.717) is 0 Å². The number of nitrogens with zero attached hydrogens (tertiary/aromatic N) is 1. The Hall–Kier alpha value is -1.55. The minimum absolute atomic E-state index is 0.00296. The first-order valence-corrected chi connectivity index (χ1v) is 6.39. The number of benzene rings is 1. The largest absolute Gasteiger partial charge is 0.496 e. The van der Waals surface area contributed by atoms with E-state index >= 15 is 0 Å². The van der Waals surface area contributed by atoms with E-state index in [4.69, 9.17) is 9.84 Å². The van der Waals surface area contributed by atoms with Crippen LogP contribution < -0.4 is 4.74 Å². The van der Waals surface area contributed by atoms with Crippen molar-refractivity contribution in [2.45, 2.75) is 26.3 Å². The molecule has 0 saturated carbocycles. The molecule has 0 radical (unpaired) electrons. The molecule has 2 atom stereocenters. The molecule has 4 nitrogen and oxygen atoms in total.